The first-order chi connectivity index (χ1) is 19.4. The molecule has 0 aliphatic heterocycles. The van der Waals surface area contributed by atoms with Gasteiger partial charge in [0.1, 0.15) is 71.7 Å². The Labute approximate surface area is 247 Å². The standard InChI is InChI=1S/C27H22Cl4O9/c28-1-5-35-15-9-21(37-7-3-30)17-13-19(26(33)39-23(17)11-15)25(32)20-14-18-22(38-8-4-31)10-16(36-6-2-29)12-24(18)40-27(20)34/h9-14H,1-8H2. The molecule has 0 saturated heterocycles. The lowest BCUT2D eigenvalue weighted by molar-refractivity contribution is 0.103. The maximum absolute atomic E-state index is 13.5. The molecule has 0 spiro atoms. The van der Waals surface area contributed by atoms with E-state index in [1.165, 1.54) is 24.3 Å². The van der Waals surface area contributed by atoms with Gasteiger partial charge in [-0.1, -0.05) is 0 Å². The molecule has 2 aromatic heterocycles. The number of alkyl halides is 4. The van der Waals surface area contributed by atoms with Crippen LogP contribution in [0.3, 0.4) is 0 Å². The summed E-state index contributed by atoms with van der Waals surface area (Å²) in [6.07, 6.45) is 0. The molecular weight excluding hydrogens is 610 g/mol. The van der Waals surface area contributed by atoms with Crippen molar-refractivity contribution in [2.24, 2.45) is 0 Å². The van der Waals surface area contributed by atoms with E-state index < -0.39 is 28.2 Å². The molecule has 4 rings (SSSR count). The topological polar surface area (TPSA) is 114 Å². The molecule has 212 valence electrons. The van der Waals surface area contributed by atoms with Gasteiger partial charge in [-0.2, -0.15) is 0 Å². The lowest BCUT2D eigenvalue weighted by Crippen LogP contribution is -2.21. The van der Waals surface area contributed by atoms with Crippen molar-refractivity contribution in [1.82, 2.24) is 0 Å². The van der Waals surface area contributed by atoms with E-state index in [0.29, 0.717) is 22.3 Å². The molecule has 40 heavy (non-hydrogen) atoms. The highest BCUT2D eigenvalue weighted by Crippen LogP contribution is 2.33. The predicted molar refractivity (Wildman–Crippen MR) is 153 cm³/mol. The molecule has 0 unspecified atom stereocenters. The molecule has 9 nitrogen and oxygen atoms in total. The van der Waals surface area contributed by atoms with Crippen LogP contribution < -0.4 is 30.2 Å². The maximum atomic E-state index is 13.5. The minimum atomic E-state index is -0.974. The molecule has 0 saturated carbocycles. The van der Waals surface area contributed by atoms with Gasteiger partial charge in [-0.15, -0.1) is 46.4 Å². The molecule has 0 amide bonds. The highest BCUT2D eigenvalue weighted by Gasteiger charge is 2.23. The quantitative estimate of drug-likeness (QED) is 0.0996. The van der Waals surface area contributed by atoms with Crippen molar-refractivity contribution in [3.8, 4) is 23.0 Å². The number of ketones is 1. The Balaban J connectivity index is 1.83. The Bertz CT molecular complexity index is 1510. The fraction of sp³-hybridized carbons (Fsp3) is 0.296. The fourth-order valence-corrected chi connectivity index (χ4v) is 4.11. The van der Waals surface area contributed by atoms with Gasteiger partial charge in [0.15, 0.2) is 0 Å². The highest BCUT2D eigenvalue weighted by atomic mass is 35.5. The summed E-state index contributed by atoms with van der Waals surface area (Å²) >= 11 is 23.0. The first-order valence-corrected chi connectivity index (χ1v) is 14.1. The zero-order valence-electron chi connectivity index (χ0n) is 20.8. The van der Waals surface area contributed by atoms with Gasteiger partial charge < -0.3 is 27.8 Å². The summed E-state index contributed by atoms with van der Waals surface area (Å²) in [6, 6.07) is 8.64. The van der Waals surface area contributed by atoms with Gasteiger partial charge in [0.2, 0.25) is 5.78 Å². The molecular formula is C27H22Cl4O9. The molecule has 0 aliphatic carbocycles. The van der Waals surface area contributed by atoms with Crippen molar-refractivity contribution in [2.45, 2.75) is 0 Å². The van der Waals surface area contributed by atoms with Crippen molar-refractivity contribution < 1.29 is 32.6 Å². The second-order valence-corrected chi connectivity index (χ2v) is 9.55. The minimum absolute atomic E-state index is 0.102. The van der Waals surface area contributed by atoms with E-state index in [4.69, 9.17) is 74.2 Å². The largest absolute Gasteiger partial charge is 0.492 e. The molecule has 0 radical (unpaired) electrons. The number of carbonyl (C=O) groups is 1. The Hall–Kier alpha value is -3.11. The lowest BCUT2D eigenvalue weighted by Gasteiger charge is -2.12. The number of carbonyl (C=O) groups excluding carboxylic acids is 1. The van der Waals surface area contributed by atoms with E-state index in [-0.39, 0.29) is 72.6 Å². The van der Waals surface area contributed by atoms with E-state index in [0.717, 1.165) is 0 Å². The van der Waals surface area contributed by atoms with Crippen LogP contribution in [0.4, 0.5) is 0 Å². The van der Waals surface area contributed by atoms with Gasteiger partial charge in [0.05, 0.1) is 34.3 Å². The molecule has 0 aliphatic rings. The van der Waals surface area contributed by atoms with Crippen molar-refractivity contribution in [2.75, 3.05) is 49.9 Å². The van der Waals surface area contributed by atoms with Crippen LogP contribution in [0.1, 0.15) is 15.9 Å². The number of hydrogen-bond acceptors (Lipinski definition) is 9. The molecule has 2 heterocycles. The third kappa shape index (κ3) is 6.78. The summed E-state index contributed by atoms with van der Waals surface area (Å²) in [5, 5.41) is 0.590. The number of fused-ring (bicyclic) bond motifs is 2. The van der Waals surface area contributed by atoms with E-state index >= 15 is 0 Å². The molecule has 0 fully saturated rings. The summed E-state index contributed by atoms with van der Waals surface area (Å²) < 4.78 is 33.3. The average Bonchev–Trinajstić information content (AvgIpc) is 2.95. The Morgan fingerprint density at radius 3 is 1.32 bits per heavy atom. The monoisotopic (exact) mass is 630 g/mol. The van der Waals surface area contributed by atoms with E-state index in [9.17, 15) is 14.4 Å². The summed E-state index contributed by atoms with van der Waals surface area (Å²) in [6.45, 7) is 0.677. The number of halogens is 4. The zero-order valence-corrected chi connectivity index (χ0v) is 23.8. The van der Waals surface area contributed by atoms with E-state index in [1.54, 1.807) is 12.1 Å². The predicted octanol–water partition coefficient (Wildman–Crippen LogP) is 5.60. The van der Waals surface area contributed by atoms with Crippen LogP contribution in [0.15, 0.2) is 54.8 Å². The summed E-state index contributed by atoms with van der Waals surface area (Å²) in [5.74, 6) is 1.12. The van der Waals surface area contributed by atoms with Gasteiger partial charge >= 0.3 is 11.3 Å². The normalized spacial score (nSPS) is 11.1. The smallest absolute Gasteiger partial charge is 0.347 e. The minimum Gasteiger partial charge on any atom is -0.492 e. The van der Waals surface area contributed by atoms with Gasteiger partial charge in [-0.05, 0) is 12.1 Å². The molecule has 13 heteroatoms. The van der Waals surface area contributed by atoms with Crippen LogP contribution in [0.2, 0.25) is 0 Å². The maximum Gasteiger partial charge on any atom is 0.347 e. The summed E-state index contributed by atoms with van der Waals surface area (Å²) in [7, 11) is 0. The third-order valence-corrected chi connectivity index (χ3v) is 6.05. The fourth-order valence-electron chi connectivity index (χ4n) is 3.80. The van der Waals surface area contributed by atoms with E-state index in [1.807, 2.05) is 0 Å². The van der Waals surface area contributed by atoms with Crippen LogP contribution in [-0.2, 0) is 0 Å². The lowest BCUT2D eigenvalue weighted by atomic mass is 10.0. The van der Waals surface area contributed by atoms with Crippen molar-refractivity contribution in [3.63, 3.8) is 0 Å². The third-order valence-electron chi connectivity index (χ3n) is 5.43. The number of ether oxygens (including phenoxy) is 4. The van der Waals surface area contributed by atoms with Gasteiger partial charge in [-0.3, -0.25) is 4.79 Å². The van der Waals surface area contributed by atoms with Gasteiger partial charge in [0, 0.05) is 24.3 Å². The molecule has 0 N–H and O–H groups in total. The Morgan fingerprint density at radius 1 is 0.575 bits per heavy atom. The Morgan fingerprint density at radius 2 is 0.950 bits per heavy atom. The molecule has 0 bridgehead atoms. The van der Waals surface area contributed by atoms with Gasteiger partial charge in [0.25, 0.3) is 0 Å². The van der Waals surface area contributed by atoms with Crippen LogP contribution in [0.25, 0.3) is 21.9 Å². The molecule has 2 aromatic carbocycles. The molecule has 4 aromatic rings. The Kier molecular flexibility index (Phi) is 10.4. The SMILES string of the molecule is O=C(c1cc2c(OCCCl)cc(OCCCl)cc2oc1=O)c1cc2c(OCCCl)cc(OCCCl)cc2oc1=O. The van der Waals surface area contributed by atoms with Crippen molar-refractivity contribution in [1.29, 1.82) is 0 Å². The number of hydrogen-bond donors (Lipinski definition) is 0. The van der Waals surface area contributed by atoms with Crippen LogP contribution in [0.5, 0.6) is 23.0 Å². The van der Waals surface area contributed by atoms with Crippen molar-refractivity contribution in [3.05, 3.63) is 68.4 Å². The van der Waals surface area contributed by atoms with Gasteiger partial charge in [-0.25, -0.2) is 9.59 Å². The van der Waals surface area contributed by atoms with Crippen LogP contribution >= 0.6 is 46.4 Å². The van der Waals surface area contributed by atoms with Crippen molar-refractivity contribution >= 4 is 74.1 Å². The van der Waals surface area contributed by atoms with Crippen LogP contribution in [0, 0.1) is 0 Å². The summed E-state index contributed by atoms with van der Waals surface area (Å²) in [5.41, 5.74) is -2.56. The zero-order chi connectivity index (χ0) is 28.6. The average molecular weight is 632 g/mol. The highest BCUT2D eigenvalue weighted by molar-refractivity contribution is 6.18. The number of rotatable bonds is 14. The number of benzene rings is 2. The second-order valence-electron chi connectivity index (χ2n) is 8.04. The second kappa shape index (κ2) is 14.0. The first kappa shape index (κ1) is 29.9. The van der Waals surface area contributed by atoms with E-state index in [2.05, 4.69) is 0 Å². The van der Waals surface area contributed by atoms with Crippen LogP contribution in [-0.4, -0.2) is 55.7 Å². The molecule has 0 atom stereocenters. The summed E-state index contributed by atoms with van der Waals surface area (Å²) in [4.78, 5) is 39.4. The first-order valence-electron chi connectivity index (χ1n) is 11.9.